The molecule has 0 saturated heterocycles. The van der Waals surface area contributed by atoms with Crippen molar-refractivity contribution in [3.05, 3.63) is 48.5 Å². The molecule has 0 radical (unpaired) electrons. The highest BCUT2D eigenvalue weighted by Crippen LogP contribution is 2.14. The van der Waals surface area contributed by atoms with Crippen LogP contribution in [0, 0.1) is 0 Å². The van der Waals surface area contributed by atoms with Gasteiger partial charge in [-0.1, -0.05) is 12.1 Å². The molecule has 0 amide bonds. The van der Waals surface area contributed by atoms with Gasteiger partial charge in [0, 0.05) is 38.2 Å². The fraction of sp³-hybridized carbons (Fsp3) is 0.267. The van der Waals surface area contributed by atoms with Crippen molar-refractivity contribution in [3.8, 4) is 5.95 Å². The fourth-order valence-electron chi connectivity index (χ4n) is 2.09. The maximum Gasteiger partial charge on any atom is 0.235 e. The number of nitrogens with zero attached hydrogens (tertiary/aromatic N) is 4. The molecule has 6 nitrogen and oxygen atoms in total. The van der Waals surface area contributed by atoms with Gasteiger partial charge in [0.2, 0.25) is 5.95 Å². The topological polar surface area (TPSA) is 64.9 Å². The molecule has 0 aliphatic rings. The summed E-state index contributed by atoms with van der Waals surface area (Å²) in [5.74, 6) is 0.629. The number of nitrogens with one attached hydrogen (secondary N) is 1. The van der Waals surface area contributed by atoms with Crippen molar-refractivity contribution in [1.29, 1.82) is 0 Å². The number of para-hydroxylation sites is 2. The summed E-state index contributed by atoms with van der Waals surface area (Å²) >= 11 is 0. The molecule has 0 spiro atoms. The second-order valence-corrected chi connectivity index (χ2v) is 4.66. The number of methoxy groups -OCH3 is 1. The summed E-state index contributed by atoms with van der Waals surface area (Å²) < 4.78 is 6.87. The van der Waals surface area contributed by atoms with Crippen LogP contribution in [0.4, 0.5) is 0 Å². The van der Waals surface area contributed by atoms with E-state index in [2.05, 4.69) is 20.3 Å². The summed E-state index contributed by atoms with van der Waals surface area (Å²) in [6.45, 7) is 2.23. The van der Waals surface area contributed by atoms with Crippen molar-refractivity contribution in [2.75, 3.05) is 20.3 Å². The number of fused-ring (bicyclic) bond motifs is 1. The number of hydrogen-bond donors (Lipinski definition) is 1. The maximum absolute atomic E-state index is 4.98. The molecule has 108 valence electrons. The van der Waals surface area contributed by atoms with E-state index in [1.54, 1.807) is 13.4 Å². The van der Waals surface area contributed by atoms with Gasteiger partial charge in [-0.05, 0) is 12.1 Å². The first kappa shape index (κ1) is 13.7. The van der Waals surface area contributed by atoms with E-state index >= 15 is 0 Å². The Labute approximate surface area is 122 Å². The van der Waals surface area contributed by atoms with Gasteiger partial charge in [0.25, 0.3) is 0 Å². The van der Waals surface area contributed by atoms with Gasteiger partial charge >= 0.3 is 0 Å². The summed E-state index contributed by atoms with van der Waals surface area (Å²) in [5, 5.41) is 3.26. The number of hydrogen-bond acceptors (Lipinski definition) is 5. The Bertz CT molecular complexity index is 707. The molecule has 3 rings (SSSR count). The molecule has 21 heavy (non-hydrogen) atoms. The lowest BCUT2D eigenvalue weighted by Crippen LogP contribution is -2.18. The number of benzene rings is 1. The molecular formula is C15H17N5O. The normalized spacial score (nSPS) is 11.1. The molecule has 2 aromatic heterocycles. The molecular weight excluding hydrogens is 266 g/mol. The van der Waals surface area contributed by atoms with Crippen LogP contribution < -0.4 is 5.32 Å². The molecule has 2 heterocycles. The third kappa shape index (κ3) is 3.07. The molecule has 0 aliphatic heterocycles. The lowest BCUT2D eigenvalue weighted by atomic mass is 10.3. The smallest absolute Gasteiger partial charge is 0.235 e. The van der Waals surface area contributed by atoms with E-state index in [-0.39, 0.29) is 0 Å². The van der Waals surface area contributed by atoms with Crippen LogP contribution in [0.2, 0.25) is 0 Å². The molecule has 0 aliphatic carbocycles. The minimum atomic E-state index is 0.629. The molecule has 1 aromatic carbocycles. The number of ether oxygens (including phenoxy) is 1. The van der Waals surface area contributed by atoms with E-state index in [4.69, 9.17) is 4.74 Å². The fourth-order valence-corrected chi connectivity index (χ4v) is 2.09. The van der Waals surface area contributed by atoms with Crippen LogP contribution in [0.3, 0.4) is 0 Å². The summed E-state index contributed by atoms with van der Waals surface area (Å²) in [4.78, 5) is 13.2. The van der Waals surface area contributed by atoms with E-state index in [1.807, 2.05) is 41.2 Å². The third-order valence-electron chi connectivity index (χ3n) is 3.17. The van der Waals surface area contributed by atoms with Crippen LogP contribution in [0.5, 0.6) is 0 Å². The Balaban J connectivity index is 1.75. The predicted octanol–water partition coefficient (Wildman–Crippen LogP) is 1.55. The molecule has 3 aromatic rings. The second-order valence-electron chi connectivity index (χ2n) is 4.66. The minimum Gasteiger partial charge on any atom is -0.383 e. The molecule has 0 atom stereocenters. The van der Waals surface area contributed by atoms with Gasteiger partial charge in [-0.15, -0.1) is 0 Å². The number of imidazole rings is 1. The third-order valence-corrected chi connectivity index (χ3v) is 3.17. The first-order valence-electron chi connectivity index (χ1n) is 6.81. The maximum atomic E-state index is 4.98. The highest BCUT2D eigenvalue weighted by atomic mass is 16.5. The molecule has 1 N–H and O–H groups in total. The van der Waals surface area contributed by atoms with Gasteiger partial charge in [-0.2, -0.15) is 0 Å². The van der Waals surface area contributed by atoms with Crippen LogP contribution in [0.25, 0.3) is 17.0 Å². The zero-order valence-electron chi connectivity index (χ0n) is 11.9. The van der Waals surface area contributed by atoms with Crippen molar-refractivity contribution in [2.24, 2.45) is 0 Å². The van der Waals surface area contributed by atoms with Gasteiger partial charge in [-0.25, -0.2) is 15.0 Å². The number of rotatable bonds is 6. The Morgan fingerprint density at radius 1 is 1.14 bits per heavy atom. The van der Waals surface area contributed by atoms with Gasteiger partial charge in [0.05, 0.1) is 17.6 Å². The first-order chi connectivity index (χ1) is 10.4. The highest BCUT2D eigenvalue weighted by Gasteiger charge is 2.06. The Morgan fingerprint density at radius 3 is 2.76 bits per heavy atom. The predicted molar refractivity (Wildman–Crippen MR) is 80.2 cm³/mol. The van der Waals surface area contributed by atoms with Gasteiger partial charge in [0.15, 0.2) is 0 Å². The zero-order valence-corrected chi connectivity index (χ0v) is 11.9. The van der Waals surface area contributed by atoms with Crippen LogP contribution in [-0.4, -0.2) is 39.8 Å². The highest BCUT2D eigenvalue weighted by molar-refractivity contribution is 5.76. The largest absolute Gasteiger partial charge is 0.383 e. The zero-order chi connectivity index (χ0) is 14.5. The van der Waals surface area contributed by atoms with Gasteiger partial charge in [0.1, 0.15) is 6.33 Å². The Kier molecular flexibility index (Phi) is 4.18. The van der Waals surface area contributed by atoms with E-state index in [0.717, 1.165) is 29.7 Å². The van der Waals surface area contributed by atoms with Crippen LogP contribution >= 0.6 is 0 Å². The van der Waals surface area contributed by atoms with E-state index in [9.17, 15) is 0 Å². The molecule has 6 heteroatoms. The molecule has 0 bridgehead atoms. The summed E-state index contributed by atoms with van der Waals surface area (Å²) in [6.07, 6.45) is 5.41. The van der Waals surface area contributed by atoms with Crippen LogP contribution in [-0.2, 0) is 11.3 Å². The minimum absolute atomic E-state index is 0.629. The van der Waals surface area contributed by atoms with Crippen molar-refractivity contribution in [2.45, 2.75) is 6.54 Å². The van der Waals surface area contributed by atoms with Crippen molar-refractivity contribution in [1.82, 2.24) is 24.8 Å². The Morgan fingerprint density at radius 2 is 1.95 bits per heavy atom. The lowest BCUT2D eigenvalue weighted by molar-refractivity contribution is 0.199. The van der Waals surface area contributed by atoms with Crippen molar-refractivity contribution in [3.63, 3.8) is 0 Å². The average Bonchev–Trinajstić information content (AvgIpc) is 2.96. The van der Waals surface area contributed by atoms with Crippen molar-refractivity contribution >= 4 is 11.0 Å². The summed E-state index contributed by atoms with van der Waals surface area (Å²) in [6, 6.07) is 7.93. The molecule has 0 unspecified atom stereocenters. The molecule has 0 fully saturated rings. The van der Waals surface area contributed by atoms with Crippen LogP contribution in [0.1, 0.15) is 5.56 Å². The second kappa shape index (κ2) is 6.43. The standard InChI is InChI=1S/C15H17N5O/c1-21-7-6-16-8-12-9-17-15(18-10-12)20-11-19-13-4-2-3-5-14(13)20/h2-5,9-11,16H,6-8H2,1H3. The molecule has 0 saturated carbocycles. The SMILES string of the molecule is COCCNCc1cnc(-n2cnc3ccccc32)nc1. The lowest BCUT2D eigenvalue weighted by Gasteiger charge is -2.05. The Hall–Kier alpha value is -2.31. The first-order valence-corrected chi connectivity index (χ1v) is 6.81. The summed E-state index contributed by atoms with van der Waals surface area (Å²) in [5.41, 5.74) is 2.98. The summed E-state index contributed by atoms with van der Waals surface area (Å²) in [7, 11) is 1.69. The number of aromatic nitrogens is 4. The monoisotopic (exact) mass is 283 g/mol. The van der Waals surface area contributed by atoms with E-state index in [0.29, 0.717) is 12.6 Å². The van der Waals surface area contributed by atoms with Crippen LogP contribution in [0.15, 0.2) is 43.0 Å². The van der Waals surface area contributed by atoms with E-state index in [1.165, 1.54) is 0 Å². The quantitative estimate of drug-likeness (QED) is 0.695. The van der Waals surface area contributed by atoms with E-state index < -0.39 is 0 Å². The van der Waals surface area contributed by atoms with Gasteiger partial charge < -0.3 is 10.1 Å². The van der Waals surface area contributed by atoms with Gasteiger partial charge in [-0.3, -0.25) is 4.57 Å². The average molecular weight is 283 g/mol. The van der Waals surface area contributed by atoms with Crippen molar-refractivity contribution < 1.29 is 4.74 Å².